The van der Waals surface area contributed by atoms with E-state index in [0.29, 0.717) is 12.5 Å². The van der Waals surface area contributed by atoms with Crippen LogP contribution in [0.2, 0.25) is 0 Å². The van der Waals surface area contributed by atoms with Crippen molar-refractivity contribution in [2.75, 3.05) is 12.4 Å². The molecule has 0 saturated heterocycles. The van der Waals surface area contributed by atoms with Crippen LogP contribution in [0.15, 0.2) is 47.5 Å². The van der Waals surface area contributed by atoms with E-state index in [-0.39, 0.29) is 5.60 Å². The van der Waals surface area contributed by atoms with Crippen LogP contribution in [0.25, 0.3) is 0 Å². The Balaban J connectivity index is 2.12. The third-order valence-electron chi connectivity index (χ3n) is 3.40. The summed E-state index contributed by atoms with van der Waals surface area (Å²) in [6.07, 6.45) is 0. The number of anilines is 1. The zero-order valence-corrected chi connectivity index (χ0v) is 15.6. The molecule has 0 fully saturated rings. The number of guanidine groups is 1. The first-order valence-electron chi connectivity index (χ1n) is 8.26. The molecule has 0 aliphatic carbocycles. The van der Waals surface area contributed by atoms with E-state index in [9.17, 15) is 0 Å². The van der Waals surface area contributed by atoms with E-state index in [1.807, 2.05) is 70.2 Å². The summed E-state index contributed by atoms with van der Waals surface area (Å²) < 4.78 is 11.2. The average molecular weight is 341 g/mol. The third-order valence-corrected chi connectivity index (χ3v) is 3.40. The van der Waals surface area contributed by atoms with Crippen molar-refractivity contribution in [3.8, 4) is 11.5 Å². The molecule has 134 valence electrons. The molecule has 0 radical (unpaired) electrons. The smallest absolute Gasteiger partial charge is 0.193 e. The van der Waals surface area contributed by atoms with Crippen molar-refractivity contribution in [1.29, 1.82) is 0 Å². The molecule has 5 nitrogen and oxygen atoms in total. The Kier molecular flexibility index (Phi) is 5.91. The minimum absolute atomic E-state index is 0.267. The van der Waals surface area contributed by atoms with Crippen LogP contribution in [0.5, 0.6) is 11.5 Å². The van der Waals surface area contributed by atoms with Gasteiger partial charge in [-0.3, -0.25) is 0 Å². The highest BCUT2D eigenvalue weighted by Crippen LogP contribution is 2.25. The number of hydrogen-bond acceptors (Lipinski definition) is 3. The maximum absolute atomic E-state index is 6.05. The first kappa shape index (κ1) is 18.6. The molecule has 25 heavy (non-hydrogen) atoms. The summed E-state index contributed by atoms with van der Waals surface area (Å²) in [6.45, 7) is 8.57. The quantitative estimate of drug-likeness (QED) is 0.634. The maximum Gasteiger partial charge on any atom is 0.193 e. The Morgan fingerprint density at radius 3 is 2.60 bits per heavy atom. The number of methoxy groups -OCH3 is 1. The lowest BCUT2D eigenvalue weighted by molar-refractivity contribution is 0.129. The van der Waals surface area contributed by atoms with Crippen molar-refractivity contribution in [3.63, 3.8) is 0 Å². The number of ether oxygens (including phenoxy) is 2. The van der Waals surface area contributed by atoms with Gasteiger partial charge < -0.3 is 20.5 Å². The van der Waals surface area contributed by atoms with Crippen LogP contribution in [-0.2, 0) is 6.54 Å². The molecular weight excluding hydrogens is 314 g/mol. The number of nitrogens with two attached hydrogens (primary N) is 1. The topological polar surface area (TPSA) is 68.9 Å². The predicted octanol–water partition coefficient (Wildman–Crippen LogP) is 4.11. The molecule has 0 heterocycles. The minimum Gasteiger partial charge on any atom is -0.497 e. The van der Waals surface area contributed by atoms with E-state index >= 15 is 0 Å². The fourth-order valence-corrected chi connectivity index (χ4v) is 2.28. The van der Waals surface area contributed by atoms with Crippen LogP contribution in [-0.4, -0.2) is 18.7 Å². The number of aliphatic imine (C=N–C) groups is 1. The fraction of sp³-hybridized carbons (Fsp3) is 0.350. The zero-order valence-electron chi connectivity index (χ0n) is 15.6. The summed E-state index contributed by atoms with van der Waals surface area (Å²) >= 11 is 0. The van der Waals surface area contributed by atoms with E-state index in [2.05, 4.69) is 10.3 Å². The average Bonchev–Trinajstić information content (AvgIpc) is 2.53. The van der Waals surface area contributed by atoms with Crippen molar-refractivity contribution >= 4 is 11.6 Å². The number of nitrogens with zero attached hydrogens (tertiary/aromatic N) is 1. The van der Waals surface area contributed by atoms with Gasteiger partial charge in [0.15, 0.2) is 5.96 Å². The summed E-state index contributed by atoms with van der Waals surface area (Å²) in [5, 5.41) is 3.07. The summed E-state index contributed by atoms with van der Waals surface area (Å²) in [4.78, 5) is 4.43. The Labute approximate surface area is 149 Å². The van der Waals surface area contributed by atoms with Gasteiger partial charge in [0.05, 0.1) is 13.7 Å². The van der Waals surface area contributed by atoms with Crippen LogP contribution in [0, 0.1) is 6.92 Å². The zero-order chi connectivity index (χ0) is 18.4. The largest absolute Gasteiger partial charge is 0.497 e. The molecule has 0 atom stereocenters. The van der Waals surface area contributed by atoms with Crippen molar-refractivity contribution in [3.05, 3.63) is 53.6 Å². The molecule has 2 rings (SSSR count). The SMILES string of the molecule is COc1cccc(NC(N)=NCc2ccc(C)cc2OC(C)(C)C)c1. The second kappa shape index (κ2) is 7.92. The Morgan fingerprint density at radius 1 is 1.16 bits per heavy atom. The van der Waals surface area contributed by atoms with Crippen molar-refractivity contribution < 1.29 is 9.47 Å². The van der Waals surface area contributed by atoms with Crippen molar-refractivity contribution in [1.82, 2.24) is 0 Å². The van der Waals surface area contributed by atoms with E-state index in [1.165, 1.54) is 0 Å². The summed E-state index contributed by atoms with van der Waals surface area (Å²) in [5.41, 5.74) is 8.72. The van der Waals surface area contributed by atoms with Crippen LogP contribution < -0.4 is 20.5 Å². The second-order valence-electron chi connectivity index (χ2n) is 6.88. The third kappa shape index (κ3) is 6.03. The molecule has 0 aliphatic heterocycles. The van der Waals surface area contributed by atoms with Gasteiger partial charge in [-0.2, -0.15) is 0 Å². The number of rotatable bonds is 5. The Hall–Kier alpha value is -2.69. The molecule has 0 spiro atoms. The van der Waals surface area contributed by atoms with Gasteiger partial charge >= 0.3 is 0 Å². The van der Waals surface area contributed by atoms with E-state index in [0.717, 1.165) is 28.3 Å². The Bertz CT molecular complexity index is 749. The van der Waals surface area contributed by atoms with Crippen LogP contribution in [0.3, 0.4) is 0 Å². The van der Waals surface area contributed by atoms with Gasteiger partial charge in [-0.05, 0) is 51.5 Å². The second-order valence-corrected chi connectivity index (χ2v) is 6.88. The van der Waals surface area contributed by atoms with Crippen molar-refractivity contribution in [2.24, 2.45) is 10.7 Å². The fourth-order valence-electron chi connectivity index (χ4n) is 2.28. The standard InChI is InChI=1S/C20H27N3O2/c1-14-9-10-15(18(11-14)25-20(2,3)4)13-22-19(21)23-16-7-6-8-17(12-16)24-5/h6-12H,13H2,1-5H3,(H3,21,22,23). The molecule has 2 aromatic rings. The van der Waals surface area contributed by atoms with Gasteiger partial charge in [0, 0.05) is 17.3 Å². The minimum atomic E-state index is -0.267. The normalized spacial score (nSPS) is 12.0. The molecule has 0 amide bonds. The molecule has 0 aromatic heterocycles. The molecule has 0 aliphatic rings. The molecule has 0 unspecified atom stereocenters. The molecule has 3 N–H and O–H groups in total. The lowest BCUT2D eigenvalue weighted by atomic mass is 10.1. The highest BCUT2D eigenvalue weighted by atomic mass is 16.5. The highest BCUT2D eigenvalue weighted by molar-refractivity contribution is 5.92. The van der Waals surface area contributed by atoms with E-state index < -0.39 is 0 Å². The lowest BCUT2D eigenvalue weighted by Crippen LogP contribution is -2.24. The first-order valence-corrected chi connectivity index (χ1v) is 8.26. The molecule has 0 saturated carbocycles. The molecular formula is C20H27N3O2. The van der Waals surface area contributed by atoms with Crippen LogP contribution >= 0.6 is 0 Å². The van der Waals surface area contributed by atoms with Crippen molar-refractivity contribution in [2.45, 2.75) is 39.8 Å². The molecule has 5 heteroatoms. The first-order chi connectivity index (χ1) is 11.8. The lowest BCUT2D eigenvalue weighted by Gasteiger charge is -2.23. The summed E-state index contributed by atoms with van der Waals surface area (Å²) in [5.74, 6) is 1.94. The summed E-state index contributed by atoms with van der Waals surface area (Å²) in [6, 6.07) is 13.6. The summed E-state index contributed by atoms with van der Waals surface area (Å²) in [7, 11) is 1.63. The van der Waals surface area contributed by atoms with Crippen LogP contribution in [0.4, 0.5) is 5.69 Å². The Morgan fingerprint density at radius 2 is 1.92 bits per heavy atom. The van der Waals surface area contributed by atoms with Gasteiger partial charge in [-0.15, -0.1) is 0 Å². The molecule has 0 bridgehead atoms. The van der Waals surface area contributed by atoms with Gasteiger partial charge in [0.2, 0.25) is 0 Å². The molecule has 2 aromatic carbocycles. The van der Waals surface area contributed by atoms with Gasteiger partial charge in [-0.1, -0.05) is 18.2 Å². The van der Waals surface area contributed by atoms with Crippen LogP contribution in [0.1, 0.15) is 31.9 Å². The number of benzene rings is 2. The van der Waals surface area contributed by atoms with Gasteiger partial charge in [0.1, 0.15) is 17.1 Å². The maximum atomic E-state index is 6.05. The number of aryl methyl sites for hydroxylation is 1. The van der Waals surface area contributed by atoms with E-state index in [4.69, 9.17) is 15.2 Å². The number of hydrogen-bond donors (Lipinski definition) is 2. The van der Waals surface area contributed by atoms with Gasteiger partial charge in [-0.25, -0.2) is 4.99 Å². The highest BCUT2D eigenvalue weighted by Gasteiger charge is 2.14. The number of nitrogens with one attached hydrogen (secondary N) is 1. The predicted molar refractivity (Wildman–Crippen MR) is 104 cm³/mol. The van der Waals surface area contributed by atoms with E-state index in [1.54, 1.807) is 7.11 Å². The van der Waals surface area contributed by atoms with Gasteiger partial charge in [0.25, 0.3) is 0 Å². The monoisotopic (exact) mass is 341 g/mol.